The van der Waals surface area contributed by atoms with Crippen molar-refractivity contribution in [2.24, 2.45) is 5.92 Å². The van der Waals surface area contributed by atoms with Crippen molar-refractivity contribution in [2.75, 3.05) is 6.61 Å². The fourth-order valence-electron chi connectivity index (χ4n) is 2.93. The van der Waals surface area contributed by atoms with Gasteiger partial charge in [-0.3, -0.25) is 0 Å². The van der Waals surface area contributed by atoms with Gasteiger partial charge in [0.25, 0.3) is 0 Å². The lowest BCUT2D eigenvalue weighted by molar-refractivity contribution is 0.213. The lowest BCUT2D eigenvalue weighted by Crippen LogP contribution is -2.24. The molecule has 86 valence electrons. The summed E-state index contributed by atoms with van der Waals surface area (Å²) in [5.41, 5.74) is 3.66. The molecule has 0 radical (unpaired) electrons. The molecule has 3 aliphatic rings. The number of allylic oxidation sites excluding steroid dienone is 3. The summed E-state index contributed by atoms with van der Waals surface area (Å²) in [6, 6.07) is 0.280. The van der Waals surface area contributed by atoms with Gasteiger partial charge in [0.15, 0.2) is 0 Å². The summed E-state index contributed by atoms with van der Waals surface area (Å²) in [7, 11) is 0. The van der Waals surface area contributed by atoms with Crippen LogP contribution in [0, 0.1) is 5.92 Å². The largest absolute Gasteiger partial charge is 0.396 e. The molecule has 0 amide bonds. The van der Waals surface area contributed by atoms with Crippen LogP contribution in [0.1, 0.15) is 25.7 Å². The zero-order valence-corrected chi connectivity index (χ0v) is 9.17. The van der Waals surface area contributed by atoms with Crippen molar-refractivity contribution in [3.05, 3.63) is 34.8 Å². The first-order valence-electron chi connectivity index (χ1n) is 5.95. The number of hydrogen-bond acceptors (Lipinski definition) is 2. The maximum atomic E-state index is 13.2. The molecular formula is C13H16FNO. The number of hydrogen-bond donors (Lipinski definition) is 2. The van der Waals surface area contributed by atoms with Gasteiger partial charge >= 0.3 is 0 Å². The van der Waals surface area contributed by atoms with E-state index in [-0.39, 0.29) is 18.5 Å². The third kappa shape index (κ3) is 1.50. The monoisotopic (exact) mass is 221 g/mol. The molecule has 3 heteroatoms. The van der Waals surface area contributed by atoms with E-state index in [9.17, 15) is 9.50 Å². The molecule has 0 aromatic heterocycles. The highest BCUT2D eigenvalue weighted by Gasteiger charge is 2.33. The summed E-state index contributed by atoms with van der Waals surface area (Å²) in [5.74, 6) is 0.238. The predicted octanol–water partition coefficient (Wildman–Crippen LogP) is 2.19. The van der Waals surface area contributed by atoms with Gasteiger partial charge < -0.3 is 10.4 Å². The lowest BCUT2D eigenvalue weighted by Gasteiger charge is -2.22. The normalized spacial score (nSPS) is 32.6. The number of fused-ring (bicyclic) bond motifs is 2. The van der Waals surface area contributed by atoms with Crippen LogP contribution in [-0.2, 0) is 0 Å². The molecule has 16 heavy (non-hydrogen) atoms. The van der Waals surface area contributed by atoms with Crippen LogP contribution in [0.4, 0.5) is 4.39 Å². The van der Waals surface area contributed by atoms with E-state index in [0.717, 1.165) is 31.3 Å². The maximum Gasteiger partial charge on any atom is 0.119 e. The molecule has 0 aromatic rings. The number of rotatable bonds is 1. The molecule has 2 atom stereocenters. The predicted molar refractivity (Wildman–Crippen MR) is 60.3 cm³/mol. The summed E-state index contributed by atoms with van der Waals surface area (Å²) < 4.78 is 13.2. The van der Waals surface area contributed by atoms with E-state index in [1.807, 2.05) is 0 Å². The molecule has 0 aromatic carbocycles. The number of aliphatic hydroxyl groups excluding tert-OH is 1. The van der Waals surface area contributed by atoms with E-state index >= 15 is 0 Å². The minimum Gasteiger partial charge on any atom is -0.396 e. The molecular weight excluding hydrogens is 205 g/mol. The fraction of sp³-hybridized carbons (Fsp3) is 0.538. The molecule has 0 bridgehead atoms. The third-order valence-electron chi connectivity index (χ3n) is 3.83. The van der Waals surface area contributed by atoms with Crippen molar-refractivity contribution in [1.29, 1.82) is 0 Å². The van der Waals surface area contributed by atoms with Crippen LogP contribution >= 0.6 is 0 Å². The Balaban J connectivity index is 1.91. The van der Waals surface area contributed by atoms with Gasteiger partial charge in [0.2, 0.25) is 0 Å². The average Bonchev–Trinajstić information content (AvgIpc) is 2.66. The molecule has 0 unspecified atom stereocenters. The van der Waals surface area contributed by atoms with Gasteiger partial charge in [-0.15, -0.1) is 0 Å². The van der Waals surface area contributed by atoms with E-state index in [1.54, 1.807) is 12.2 Å². The molecule has 1 aliphatic heterocycles. The molecule has 2 N–H and O–H groups in total. The van der Waals surface area contributed by atoms with Gasteiger partial charge in [-0.05, 0) is 54.9 Å². The van der Waals surface area contributed by atoms with Crippen molar-refractivity contribution in [3.63, 3.8) is 0 Å². The first-order chi connectivity index (χ1) is 7.78. The van der Waals surface area contributed by atoms with Crippen LogP contribution in [0.15, 0.2) is 34.8 Å². The first-order valence-corrected chi connectivity index (χ1v) is 5.95. The Morgan fingerprint density at radius 3 is 3.19 bits per heavy atom. The summed E-state index contributed by atoms with van der Waals surface area (Å²) in [4.78, 5) is 0. The molecule has 1 heterocycles. The quantitative estimate of drug-likeness (QED) is 0.711. The van der Waals surface area contributed by atoms with Gasteiger partial charge in [0.1, 0.15) is 5.83 Å². The highest BCUT2D eigenvalue weighted by molar-refractivity contribution is 5.50. The Hall–Kier alpha value is -1.09. The Morgan fingerprint density at radius 2 is 2.38 bits per heavy atom. The average molecular weight is 221 g/mol. The maximum absolute atomic E-state index is 13.2. The summed E-state index contributed by atoms with van der Waals surface area (Å²) >= 11 is 0. The van der Waals surface area contributed by atoms with Crippen LogP contribution in [0.25, 0.3) is 0 Å². The zero-order valence-electron chi connectivity index (χ0n) is 9.17. The molecule has 0 saturated heterocycles. The number of nitrogens with one attached hydrogen (secondary N) is 1. The molecule has 0 spiro atoms. The van der Waals surface area contributed by atoms with Crippen LogP contribution in [0.3, 0.4) is 0 Å². The first kappa shape index (κ1) is 10.1. The SMILES string of the molecule is OC[C@H]1CCC2=C(C1)C1=CC(F)=CC[C@H]1N2. The second-order valence-corrected chi connectivity index (χ2v) is 4.87. The van der Waals surface area contributed by atoms with Crippen molar-refractivity contribution in [2.45, 2.75) is 31.7 Å². The van der Waals surface area contributed by atoms with Gasteiger partial charge in [-0.25, -0.2) is 4.39 Å². The fourth-order valence-corrected chi connectivity index (χ4v) is 2.93. The van der Waals surface area contributed by atoms with Crippen LogP contribution in [0.5, 0.6) is 0 Å². The Bertz CT molecular complexity index is 408. The second-order valence-electron chi connectivity index (χ2n) is 4.87. The number of halogens is 1. The van der Waals surface area contributed by atoms with Gasteiger partial charge in [0.05, 0.1) is 6.04 Å². The Morgan fingerprint density at radius 1 is 1.50 bits per heavy atom. The smallest absolute Gasteiger partial charge is 0.119 e. The molecule has 2 nitrogen and oxygen atoms in total. The van der Waals surface area contributed by atoms with Crippen molar-refractivity contribution in [3.8, 4) is 0 Å². The van der Waals surface area contributed by atoms with Gasteiger partial charge in [0, 0.05) is 12.3 Å². The van der Waals surface area contributed by atoms with Crippen molar-refractivity contribution >= 4 is 0 Å². The van der Waals surface area contributed by atoms with Crippen LogP contribution < -0.4 is 5.32 Å². The van der Waals surface area contributed by atoms with E-state index in [4.69, 9.17) is 0 Å². The molecule has 2 aliphatic carbocycles. The Kier molecular flexibility index (Phi) is 2.36. The number of aliphatic hydroxyl groups is 1. The van der Waals surface area contributed by atoms with E-state index < -0.39 is 0 Å². The van der Waals surface area contributed by atoms with E-state index in [2.05, 4.69) is 5.32 Å². The minimum absolute atomic E-state index is 0.118. The second kappa shape index (κ2) is 3.74. The van der Waals surface area contributed by atoms with E-state index in [1.165, 1.54) is 11.3 Å². The van der Waals surface area contributed by atoms with Crippen LogP contribution in [-0.4, -0.2) is 17.8 Å². The Labute approximate surface area is 94.5 Å². The highest BCUT2D eigenvalue weighted by atomic mass is 19.1. The summed E-state index contributed by atoms with van der Waals surface area (Å²) in [6.45, 7) is 0.243. The topological polar surface area (TPSA) is 32.3 Å². The molecule has 0 fully saturated rings. The van der Waals surface area contributed by atoms with Crippen LogP contribution in [0.2, 0.25) is 0 Å². The highest BCUT2D eigenvalue weighted by Crippen LogP contribution is 2.41. The minimum atomic E-state index is -0.118. The van der Waals surface area contributed by atoms with E-state index in [0.29, 0.717) is 5.92 Å². The van der Waals surface area contributed by atoms with Gasteiger partial charge in [-0.2, -0.15) is 0 Å². The lowest BCUT2D eigenvalue weighted by atomic mass is 9.83. The summed E-state index contributed by atoms with van der Waals surface area (Å²) in [5, 5.41) is 12.7. The zero-order chi connectivity index (χ0) is 11.1. The standard InChI is InChI=1S/C13H16FNO/c14-9-2-4-13-11(6-9)10-5-8(7-16)1-3-12(10)15-13/h2,6,8,13,15-16H,1,3-5,7H2/t8-,13+/m0/s1. The van der Waals surface area contributed by atoms with Gasteiger partial charge in [-0.1, -0.05) is 0 Å². The molecule has 3 rings (SSSR count). The third-order valence-corrected chi connectivity index (χ3v) is 3.83. The molecule has 0 saturated carbocycles. The summed E-state index contributed by atoms with van der Waals surface area (Å²) in [6.07, 6.45) is 6.98. The van der Waals surface area contributed by atoms with Crippen molar-refractivity contribution < 1.29 is 9.50 Å². The van der Waals surface area contributed by atoms with Crippen molar-refractivity contribution in [1.82, 2.24) is 5.32 Å².